The van der Waals surface area contributed by atoms with Crippen molar-refractivity contribution in [3.63, 3.8) is 0 Å². The van der Waals surface area contributed by atoms with Gasteiger partial charge in [-0.05, 0) is 0 Å². The Morgan fingerprint density at radius 2 is 2.23 bits per heavy atom. The molecule has 3 heterocycles. The Kier molecular flexibility index (Phi) is 0.974. The van der Waals surface area contributed by atoms with Crippen molar-refractivity contribution < 1.29 is 9.21 Å². The molecule has 62 valence electrons. The number of nitrogens with zero attached hydrogens (tertiary/aromatic N) is 4. The van der Waals surface area contributed by atoms with Gasteiger partial charge in [0, 0.05) is 0 Å². The van der Waals surface area contributed by atoms with Gasteiger partial charge in [0.05, 0.1) is 11.8 Å². The quantitative estimate of drug-likeness (QED) is 0.604. The van der Waals surface area contributed by atoms with Gasteiger partial charge in [0.1, 0.15) is 17.6 Å². The number of carbonyl (C=O) groups is 1. The molecule has 0 radical (unpaired) electrons. The second-order valence-corrected chi connectivity index (χ2v) is 2.56. The summed E-state index contributed by atoms with van der Waals surface area (Å²) in [5, 5.41) is 14.5. The Balaban J connectivity index is 2.45. The zero-order valence-electron chi connectivity index (χ0n) is 6.26. The van der Waals surface area contributed by atoms with Crippen LogP contribution in [0.25, 0.3) is 11.3 Å². The molecule has 6 heteroatoms. The molecule has 3 aliphatic heterocycles. The van der Waals surface area contributed by atoms with Crippen LogP contribution in [0.1, 0.15) is 10.6 Å². The summed E-state index contributed by atoms with van der Waals surface area (Å²) in [5.74, 6) is -0.305. The maximum absolute atomic E-state index is 11.0. The van der Waals surface area contributed by atoms with Crippen LogP contribution in [-0.2, 0) is 0 Å². The molecule has 1 amide bonds. The number of hydrogen-bond donors (Lipinski definition) is 0. The van der Waals surface area contributed by atoms with Crippen molar-refractivity contribution in [2.75, 3.05) is 0 Å². The highest BCUT2D eigenvalue weighted by Crippen LogP contribution is 2.37. The van der Waals surface area contributed by atoms with E-state index in [4.69, 9.17) is 4.42 Å². The van der Waals surface area contributed by atoms with Gasteiger partial charge in [0.15, 0.2) is 0 Å². The number of carbonyl (C=O) groups excluding carboxylic acids is 1. The molecular formula is C7H2N4O2. The van der Waals surface area contributed by atoms with E-state index in [2.05, 4.69) is 20.4 Å². The SMILES string of the molecule is O=C1N=Nc2c3cnnc-3coc21. The Labute approximate surface area is 71.6 Å². The van der Waals surface area contributed by atoms with Crippen molar-refractivity contribution in [3.8, 4) is 11.3 Å². The van der Waals surface area contributed by atoms with E-state index in [9.17, 15) is 4.79 Å². The summed E-state index contributed by atoms with van der Waals surface area (Å²) in [6.45, 7) is 0. The molecule has 0 aliphatic carbocycles. The van der Waals surface area contributed by atoms with Gasteiger partial charge in [-0.3, -0.25) is 4.79 Å². The predicted molar refractivity (Wildman–Crippen MR) is 39.8 cm³/mol. The zero-order valence-corrected chi connectivity index (χ0v) is 6.26. The molecular weight excluding hydrogens is 172 g/mol. The van der Waals surface area contributed by atoms with E-state index in [1.54, 1.807) is 0 Å². The predicted octanol–water partition coefficient (Wildman–Crippen LogP) is 1.41. The Hall–Kier alpha value is -2.11. The highest BCUT2D eigenvalue weighted by molar-refractivity contribution is 6.02. The van der Waals surface area contributed by atoms with Crippen LogP contribution in [0.15, 0.2) is 27.1 Å². The average Bonchev–Trinajstić information content (AvgIpc) is 2.70. The zero-order chi connectivity index (χ0) is 8.84. The van der Waals surface area contributed by atoms with Gasteiger partial charge in [-0.1, -0.05) is 0 Å². The highest BCUT2D eigenvalue weighted by Gasteiger charge is 2.26. The monoisotopic (exact) mass is 174 g/mol. The molecule has 0 aromatic carbocycles. The molecule has 0 bridgehead atoms. The fraction of sp³-hybridized carbons (Fsp3) is 0. The number of aromatic nitrogens is 2. The van der Waals surface area contributed by atoms with Gasteiger partial charge in [-0.15, -0.1) is 15.3 Å². The Bertz CT molecular complexity index is 501. The fourth-order valence-electron chi connectivity index (χ4n) is 1.22. The highest BCUT2D eigenvalue weighted by atomic mass is 16.3. The number of amides is 1. The van der Waals surface area contributed by atoms with Crippen molar-refractivity contribution in [2.45, 2.75) is 0 Å². The molecule has 0 spiro atoms. The number of fused-ring (bicyclic) bond motifs is 3. The lowest BCUT2D eigenvalue weighted by molar-refractivity contribution is 0.0976. The second kappa shape index (κ2) is 1.98. The van der Waals surface area contributed by atoms with E-state index in [0.29, 0.717) is 16.9 Å². The first-order valence-corrected chi connectivity index (χ1v) is 3.55. The van der Waals surface area contributed by atoms with E-state index in [1.807, 2.05) is 0 Å². The van der Waals surface area contributed by atoms with Gasteiger partial charge in [0.2, 0.25) is 5.76 Å². The minimum absolute atomic E-state index is 0.155. The lowest BCUT2D eigenvalue weighted by atomic mass is 10.2. The van der Waals surface area contributed by atoms with Gasteiger partial charge in [-0.25, -0.2) is 0 Å². The van der Waals surface area contributed by atoms with Crippen LogP contribution < -0.4 is 0 Å². The third-order valence-corrected chi connectivity index (χ3v) is 1.82. The topological polar surface area (TPSA) is 80.7 Å². The van der Waals surface area contributed by atoms with E-state index in [-0.39, 0.29) is 5.76 Å². The van der Waals surface area contributed by atoms with Crippen LogP contribution in [0.2, 0.25) is 0 Å². The minimum Gasteiger partial charge on any atom is -0.454 e. The van der Waals surface area contributed by atoms with Crippen LogP contribution in [-0.4, -0.2) is 16.1 Å². The molecule has 3 rings (SSSR count). The molecule has 0 aromatic heterocycles. The van der Waals surface area contributed by atoms with Crippen LogP contribution >= 0.6 is 0 Å². The average molecular weight is 174 g/mol. The summed E-state index contributed by atoms with van der Waals surface area (Å²) in [7, 11) is 0. The summed E-state index contributed by atoms with van der Waals surface area (Å²) in [5.41, 5.74) is 1.69. The van der Waals surface area contributed by atoms with Crippen molar-refractivity contribution >= 4 is 11.6 Å². The van der Waals surface area contributed by atoms with Crippen molar-refractivity contribution in [1.82, 2.24) is 10.2 Å². The van der Waals surface area contributed by atoms with E-state index in [1.165, 1.54) is 12.5 Å². The van der Waals surface area contributed by atoms with Crippen molar-refractivity contribution in [1.29, 1.82) is 0 Å². The van der Waals surface area contributed by atoms with E-state index >= 15 is 0 Å². The summed E-state index contributed by atoms with van der Waals surface area (Å²) >= 11 is 0. The first-order chi connectivity index (χ1) is 6.36. The molecule has 0 unspecified atom stereocenters. The summed E-state index contributed by atoms with van der Waals surface area (Å²) in [6.07, 6.45) is 2.90. The summed E-state index contributed by atoms with van der Waals surface area (Å²) < 4.78 is 5.01. The van der Waals surface area contributed by atoms with Crippen LogP contribution in [0.3, 0.4) is 0 Å². The molecule has 0 saturated carbocycles. The Morgan fingerprint density at radius 1 is 1.31 bits per heavy atom. The number of rotatable bonds is 0. The Morgan fingerprint density at radius 3 is 3.15 bits per heavy atom. The number of hydrogen-bond acceptors (Lipinski definition) is 5. The van der Waals surface area contributed by atoms with Gasteiger partial charge in [-0.2, -0.15) is 5.10 Å². The van der Waals surface area contributed by atoms with Gasteiger partial charge < -0.3 is 4.42 Å². The van der Waals surface area contributed by atoms with E-state index in [0.717, 1.165) is 0 Å². The maximum Gasteiger partial charge on any atom is 0.333 e. The molecule has 0 aromatic rings. The summed E-state index contributed by atoms with van der Waals surface area (Å²) in [6, 6.07) is 0. The third-order valence-electron chi connectivity index (χ3n) is 1.82. The first-order valence-electron chi connectivity index (χ1n) is 3.55. The van der Waals surface area contributed by atoms with Crippen LogP contribution in [0.4, 0.5) is 5.69 Å². The smallest absolute Gasteiger partial charge is 0.333 e. The molecule has 13 heavy (non-hydrogen) atoms. The standard InChI is InChI=1S/C7H2N4O2/c12-7-6-5(10-11-7)3-1-8-9-4(3)2-13-6/h1-2H. The molecule has 6 nitrogen and oxygen atoms in total. The van der Waals surface area contributed by atoms with Gasteiger partial charge in [0.25, 0.3) is 0 Å². The third kappa shape index (κ3) is 0.689. The van der Waals surface area contributed by atoms with Gasteiger partial charge >= 0.3 is 5.91 Å². The minimum atomic E-state index is -0.460. The molecule has 0 N–H and O–H groups in total. The lowest BCUT2D eigenvalue weighted by Crippen LogP contribution is -1.89. The fourth-order valence-corrected chi connectivity index (χ4v) is 1.22. The second-order valence-electron chi connectivity index (χ2n) is 2.56. The van der Waals surface area contributed by atoms with Crippen molar-refractivity contribution in [2.24, 2.45) is 10.2 Å². The lowest BCUT2D eigenvalue weighted by Gasteiger charge is -1.97. The van der Waals surface area contributed by atoms with Crippen LogP contribution in [0.5, 0.6) is 0 Å². The molecule has 0 atom stereocenters. The maximum atomic E-state index is 11.0. The first kappa shape index (κ1) is 6.41. The molecule has 0 fully saturated rings. The normalized spacial score (nSPS) is 14.0. The molecule has 3 aliphatic rings. The molecule has 0 saturated heterocycles. The largest absolute Gasteiger partial charge is 0.454 e. The van der Waals surface area contributed by atoms with Crippen molar-refractivity contribution in [3.05, 3.63) is 18.2 Å². The van der Waals surface area contributed by atoms with E-state index < -0.39 is 5.91 Å². The summed E-state index contributed by atoms with van der Waals surface area (Å²) in [4.78, 5) is 11.0. The number of azo groups is 1. The van der Waals surface area contributed by atoms with Crippen LogP contribution in [0, 0.1) is 0 Å².